The number of aliphatic carboxylic acids is 1. The van der Waals surface area contributed by atoms with Crippen molar-refractivity contribution in [2.24, 2.45) is 5.73 Å². The first-order valence-electron chi connectivity index (χ1n) is 9.73. The predicted molar refractivity (Wildman–Crippen MR) is 105 cm³/mol. The van der Waals surface area contributed by atoms with Gasteiger partial charge in [-0.3, -0.25) is 4.79 Å². The van der Waals surface area contributed by atoms with Gasteiger partial charge in [0.05, 0.1) is 6.61 Å². The molecule has 0 aliphatic rings. The van der Waals surface area contributed by atoms with Crippen molar-refractivity contribution in [3.8, 4) is 0 Å². The zero-order chi connectivity index (χ0) is 19.1. The first-order chi connectivity index (χ1) is 12.0. The quantitative estimate of drug-likeness (QED) is 0.490. The standard InChI is InChI=1S/C19H31NO3.C2H6/c1-2-3-4-5-6-7-8-16-9-11-17(12-10-16)13-14-19(20,15-21)18(22)23;1-2/h9-12,21H,2-8,13-15,20H2,1H3,(H,22,23);1-2H3. The summed E-state index contributed by atoms with van der Waals surface area (Å²) in [5.74, 6) is -1.15. The zero-order valence-corrected chi connectivity index (χ0v) is 16.3. The van der Waals surface area contributed by atoms with Crippen molar-refractivity contribution in [1.29, 1.82) is 0 Å². The Bertz CT molecular complexity index is 459. The van der Waals surface area contributed by atoms with E-state index in [4.69, 9.17) is 15.9 Å². The third-order valence-electron chi connectivity index (χ3n) is 4.41. The first kappa shape index (κ1) is 23.6. The average molecular weight is 352 g/mol. The monoisotopic (exact) mass is 351 g/mol. The molecule has 0 saturated carbocycles. The molecule has 4 N–H and O–H groups in total. The third kappa shape index (κ3) is 9.61. The summed E-state index contributed by atoms with van der Waals surface area (Å²) < 4.78 is 0. The van der Waals surface area contributed by atoms with E-state index in [1.54, 1.807) is 0 Å². The molecule has 0 fully saturated rings. The van der Waals surface area contributed by atoms with Crippen LogP contribution in [0.3, 0.4) is 0 Å². The van der Waals surface area contributed by atoms with E-state index < -0.39 is 18.1 Å². The van der Waals surface area contributed by atoms with Crippen molar-refractivity contribution in [1.82, 2.24) is 0 Å². The van der Waals surface area contributed by atoms with Gasteiger partial charge in [0.2, 0.25) is 0 Å². The van der Waals surface area contributed by atoms with Gasteiger partial charge in [-0.05, 0) is 36.8 Å². The molecular weight excluding hydrogens is 314 g/mol. The van der Waals surface area contributed by atoms with Crippen molar-refractivity contribution in [3.05, 3.63) is 35.4 Å². The number of carboxylic acids is 1. The van der Waals surface area contributed by atoms with Crippen LogP contribution in [0.25, 0.3) is 0 Å². The van der Waals surface area contributed by atoms with Crippen LogP contribution in [0.1, 0.15) is 76.8 Å². The molecule has 1 atom stereocenters. The van der Waals surface area contributed by atoms with Gasteiger partial charge in [0, 0.05) is 0 Å². The van der Waals surface area contributed by atoms with Gasteiger partial charge in [0.25, 0.3) is 0 Å². The van der Waals surface area contributed by atoms with Gasteiger partial charge >= 0.3 is 5.97 Å². The molecule has 0 saturated heterocycles. The van der Waals surface area contributed by atoms with Crippen molar-refractivity contribution in [2.45, 2.75) is 84.1 Å². The summed E-state index contributed by atoms with van der Waals surface area (Å²) in [6.07, 6.45) is 9.66. The van der Waals surface area contributed by atoms with Crippen LogP contribution in [0.15, 0.2) is 24.3 Å². The topological polar surface area (TPSA) is 83.5 Å². The highest BCUT2D eigenvalue weighted by molar-refractivity contribution is 5.78. The van der Waals surface area contributed by atoms with Crippen molar-refractivity contribution in [3.63, 3.8) is 0 Å². The summed E-state index contributed by atoms with van der Waals surface area (Å²) in [6.45, 7) is 5.69. The molecule has 0 heterocycles. The molecule has 0 aliphatic carbocycles. The summed E-state index contributed by atoms with van der Waals surface area (Å²) >= 11 is 0. The summed E-state index contributed by atoms with van der Waals surface area (Å²) in [5.41, 5.74) is 6.52. The maximum absolute atomic E-state index is 11.1. The average Bonchev–Trinajstić information content (AvgIpc) is 2.65. The lowest BCUT2D eigenvalue weighted by Gasteiger charge is -2.21. The molecule has 0 aliphatic heterocycles. The predicted octanol–water partition coefficient (Wildman–Crippen LogP) is 4.32. The Morgan fingerprint density at radius 3 is 1.92 bits per heavy atom. The second-order valence-corrected chi connectivity index (χ2v) is 6.45. The van der Waals surface area contributed by atoms with Crippen LogP contribution >= 0.6 is 0 Å². The van der Waals surface area contributed by atoms with Gasteiger partial charge in [-0.1, -0.05) is 77.1 Å². The molecule has 0 aromatic heterocycles. The first-order valence-corrected chi connectivity index (χ1v) is 9.73. The Kier molecular flexibility index (Phi) is 13.1. The SMILES string of the molecule is CC.CCCCCCCCc1ccc(CCC(N)(CO)C(=O)O)cc1. The van der Waals surface area contributed by atoms with Crippen molar-refractivity contribution in [2.75, 3.05) is 6.61 Å². The largest absolute Gasteiger partial charge is 0.480 e. The second-order valence-electron chi connectivity index (χ2n) is 6.45. The Balaban J connectivity index is 0.00000277. The molecule has 1 unspecified atom stereocenters. The number of hydrogen-bond donors (Lipinski definition) is 3. The highest BCUT2D eigenvalue weighted by Gasteiger charge is 2.32. The maximum atomic E-state index is 11.1. The van der Waals surface area contributed by atoms with E-state index in [9.17, 15) is 4.79 Å². The Hall–Kier alpha value is -1.39. The number of nitrogens with two attached hydrogens (primary N) is 1. The molecule has 4 heteroatoms. The second kappa shape index (κ2) is 13.9. The van der Waals surface area contributed by atoms with Gasteiger partial charge in [-0.25, -0.2) is 0 Å². The number of carbonyl (C=O) groups is 1. The summed E-state index contributed by atoms with van der Waals surface area (Å²) in [7, 11) is 0. The molecule has 0 amide bonds. The van der Waals surface area contributed by atoms with Gasteiger partial charge in [-0.15, -0.1) is 0 Å². The molecule has 0 radical (unpaired) electrons. The number of hydrogen-bond acceptors (Lipinski definition) is 3. The molecule has 1 aromatic carbocycles. The molecule has 0 spiro atoms. The van der Waals surface area contributed by atoms with Crippen LogP contribution in [0, 0.1) is 0 Å². The highest BCUT2D eigenvalue weighted by atomic mass is 16.4. The van der Waals surface area contributed by atoms with E-state index in [-0.39, 0.29) is 6.42 Å². The molecule has 1 rings (SSSR count). The highest BCUT2D eigenvalue weighted by Crippen LogP contribution is 2.15. The lowest BCUT2D eigenvalue weighted by Crippen LogP contribution is -2.51. The van der Waals surface area contributed by atoms with Gasteiger partial charge < -0.3 is 15.9 Å². The molecule has 4 nitrogen and oxygen atoms in total. The van der Waals surface area contributed by atoms with Crippen LogP contribution in [-0.4, -0.2) is 28.3 Å². The van der Waals surface area contributed by atoms with Crippen LogP contribution in [-0.2, 0) is 17.6 Å². The minimum atomic E-state index is -1.54. The fourth-order valence-electron chi connectivity index (χ4n) is 2.60. The minimum absolute atomic E-state index is 0.232. The van der Waals surface area contributed by atoms with E-state index in [1.807, 2.05) is 26.0 Å². The number of carboxylic acid groups (broad SMARTS) is 1. The van der Waals surface area contributed by atoms with Gasteiger partial charge in [0.15, 0.2) is 0 Å². The van der Waals surface area contributed by atoms with Crippen LogP contribution in [0.2, 0.25) is 0 Å². The van der Waals surface area contributed by atoms with Crippen molar-refractivity contribution >= 4 is 5.97 Å². The zero-order valence-electron chi connectivity index (χ0n) is 16.3. The lowest BCUT2D eigenvalue weighted by molar-refractivity contribution is -0.145. The van der Waals surface area contributed by atoms with Crippen LogP contribution in [0.4, 0.5) is 0 Å². The summed E-state index contributed by atoms with van der Waals surface area (Å²) in [5, 5.41) is 18.2. The molecule has 25 heavy (non-hydrogen) atoms. The van der Waals surface area contributed by atoms with E-state index >= 15 is 0 Å². The molecule has 1 aromatic rings. The summed E-state index contributed by atoms with van der Waals surface area (Å²) in [6, 6.07) is 8.29. The lowest BCUT2D eigenvalue weighted by atomic mass is 9.92. The fraction of sp³-hybridized carbons (Fsp3) is 0.667. The number of aryl methyl sites for hydroxylation is 2. The van der Waals surface area contributed by atoms with Crippen molar-refractivity contribution < 1.29 is 15.0 Å². The van der Waals surface area contributed by atoms with Gasteiger partial charge in [-0.2, -0.15) is 0 Å². The van der Waals surface area contributed by atoms with Gasteiger partial charge in [0.1, 0.15) is 5.54 Å². The number of aliphatic hydroxyl groups is 1. The number of unbranched alkanes of at least 4 members (excludes halogenated alkanes) is 5. The molecule has 0 bridgehead atoms. The Morgan fingerprint density at radius 1 is 0.960 bits per heavy atom. The van der Waals surface area contributed by atoms with Crippen LogP contribution in [0.5, 0.6) is 0 Å². The fourth-order valence-corrected chi connectivity index (χ4v) is 2.60. The smallest absolute Gasteiger partial charge is 0.326 e. The molecular formula is C21H37NO3. The maximum Gasteiger partial charge on any atom is 0.326 e. The van der Waals surface area contributed by atoms with E-state index in [0.29, 0.717) is 6.42 Å². The number of benzene rings is 1. The number of rotatable bonds is 12. The Labute approximate surface area is 153 Å². The molecule has 144 valence electrons. The Morgan fingerprint density at radius 2 is 1.44 bits per heavy atom. The minimum Gasteiger partial charge on any atom is -0.480 e. The van der Waals surface area contributed by atoms with E-state index in [0.717, 1.165) is 12.0 Å². The van der Waals surface area contributed by atoms with E-state index in [1.165, 1.54) is 44.1 Å². The van der Waals surface area contributed by atoms with E-state index in [2.05, 4.69) is 19.1 Å². The summed E-state index contributed by atoms with van der Waals surface area (Å²) in [4.78, 5) is 11.1. The number of aliphatic hydroxyl groups excluding tert-OH is 1. The van der Waals surface area contributed by atoms with Crippen LogP contribution < -0.4 is 5.73 Å². The third-order valence-corrected chi connectivity index (χ3v) is 4.41. The normalized spacial score (nSPS) is 12.8.